The van der Waals surface area contributed by atoms with Crippen LogP contribution in [0.1, 0.15) is 51.6 Å². The van der Waals surface area contributed by atoms with E-state index in [0.717, 1.165) is 11.1 Å². The second-order valence-corrected chi connectivity index (χ2v) is 6.11. The molecule has 0 saturated heterocycles. The number of hydrogen-bond donors (Lipinski definition) is 2. The van der Waals surface area contributed by atoms with Gasteiger partial charge in [0, 0.05) is 17.0 Å². The highest BCUT2D eigenvalue weighted by molar-refractivity contribution is 6.00. The fourth-order valence-corrected chi connectivity index (χ4v) is 2.72. The quantitative estimate of drug-likeness (QED) is 0.835. The Labute approximate surface area is 141 Å². The summed E-state index contributed by atoms with van der Waals surface area (Å²) in [6.45, 7) is 5.99. The highest BCUT2D eigenvalue weighted by atomic mass is 16.5. The lowest BCUT2D eigenvalue weighted by Crippen LogP contribution is -2.41. The molecule has 1 heterocycles. The van der Waals surface area contributed by atoms with Crippen molar-refractivity contribution in [3.8, 4) is 5.75 Å². The standard InChI is InChI=1S/C19H20N2O3/c1-11-7-9-14(10-8-11)18(22)20-21-19(23)16-6-4-5-15-12(2)13(3)24-17(15)16/h4-10,12-13H,1-3H3,(H,20,22)(H,21,23). The number of fused-ring (bicyclic) bond motifs is 1. The molecule has 124 valence electrons. The minimum atomic E-state index is -0.395. The molecule has 5 nitrogen and oxygen atoms in total. The lowest BCUT2D eigenvalue weighted by molar-refractivity contribution is 0.0844. The van der Waals surface area contributed by atoms with Crippen LogP contribution >= 0.6 is 0 Å². The first kappa shape index (κ1) is 16.1. The van der Waals surface area contributed by atoms with Gasteiger partial charge in [0.1, 0.15) is 11.9 Å². The Kier molecular flexibility index (Phi) is 4.25. The molecule has 0 aliphatic carbocycles. The molecule has 0 aromatic heterocycles. The number of carbonyl (C=O) groups excluding carboxylic acids is 2. The van der Waals surface area contributed by atoms with Gasteiger partial charge in [-0.25, -0.2) is 0 Å². The third-order valence-corrected chi connectivity index (χ3v) is 4.39. The van der Waals surface area contributed by atoms with Gasteiger partial charge in [0.2, 0.25) is 0 Å². The first-order chi connectivity index (χ1) is 11.5. The maximum absolute atomic E-state index is 12.4. The van der Waals surface area contributed by atoms with E-state index in [1.165, 1.54) is 0 Å². The van der Waals surface area contributed by atoms with E-state index in [1.807, 2.05) is 38.1 Å². The van der Waals surface area contributed by atoms with Gasteiger partial charge < -0.3 is 4.74 Å². The van der Waals surface area contributed by atoms with E-state index in [4.69, 9.17) is 4.74 Å². The van der Waals surface area contributed by atoms with Crippen LogP contribution in [-0.2, 0) is 0 Å². The molecular formula is C19H20N2O3. The van der Waals surface area contributed by atoms with E-state index < -0.39 is 5.91 Å². The van der Waals surface area contributed by atoms with Crippen LogP contribution in [0.5, 0.6) is 5.75 Å². The second kappa shape index (κ2) is 6.35. The number of benzene rings is 2. The molecule has 2 unspecified atom stereocenters. The van der Waals surface area contributed by atoms with Crippen molar-refractivity contribution >= 4 is 11.8 Å². The molecule has 2 aromatic rings. The Morgan fingerprint density at radius 2 is 1.62 bits per heavy atom. The van der Waals surface area contributed by atoms with Crippen molar-refractivity contribution in [1.82, 2.24) is 10.9 Å². The van der Waals surface area contributed by atoms with Crippen molar-refractivity contribution in [2.45, 2.75) is 32.8 Å². The average Bonchev–Trinajstić information content (AvgIpc) is 2.87. The number of ether oxygens (including phenoxy) is 1. The second-order valence-electron chi connectivity index (χ2n) is 6.11. The predicted molar refractivity (Wildman–Crippen MR) is 91.1 cm³/mol. The van der Waals surface area contributed by atoms with Crippen LogP contribution in [0.2, 0.25) is 0 Å². The molecule has 2 aromatic carbocycles. The van der Waals surface area contributed by atoms with E-state index in [-0.39, 0.29) is 17.9 Å². The summed E-state index contributed by atoms with van der Waals surface area (Å²) in [6.07, 6.45) is 0.0242. The summed E-state index contributed by atoms with van der Waals surface area (Å²) in [7, 11) is 0. The van der Waals surface area contributed by atoms with Crippen molar-refractivity contribution < 1.29 is 14.3 Å². The molecular weight excluding hydrogens is 304 g/mol. The minimum absolute atomic E-state index is 0.0242. The number of para-hydroxylation sites is 1. The lowest BCUT2D eigenvalue weighted by atomic mass is 9.97. The number of nitrogens with one attached hydrogen (secondary N) is 2. The molecule has 1 aliphatic heterocycles. The summed E-state index contributed by atoms with van der Waals surface area (Å²) < 4.78 is 5.80. The highest BCUT2D eigenvalue weighted by Crippen LogP contribution is 2.40. The van der Waals surface area contributed by atoms with Gasteiger partial charge in [-0.1, -0.05) is 36.8 Å². The number of amides is 2. The van der Waals surface area contributed by atoms with E-state index in [1.54, 1.807) is 18.2 Å². The fraction of sp³-hybridized carbons (Fsp3) is 0.263. The van der Waals surface area contributed by atoms with Gasteiger partial charge in [0.05, 0.1) is 5.56 Å². The molecule has 2 atom stereocenters. The molecule has 0 fully saturated rings. The van der Waals surface area contributed by atoms with Gasteiger partial charge in [-0.3, -0.25) is 20.4 Å². The molecule has 5 heteroatoms. The Morgan fingerprint density at radius 1 is 0.958 bits per heavy atom. The van der Waals surface area contributed by atoms with Crippen LogP contribution in [0.15, 0.2) is 42.5 Å². The number of rotatable bonds is 2. The average molecular weight is 324 g/mol. The summed E-state index contributed by atoms with van der Waals surface area (Å²) in [5, 5.41) is 0. The van der Waals surface area contributed by atoms with Crippen LogP contribution < -0.4 is 15.6 Å². The lowest BCUT2D eigenvalue weighted by Gasteiger charge is -2.11. The minimum Gasteiger partial charge on any atom is -0.489 e. The third kappa shape index (κ3) is 2.97. The Bertz CT molecular complexity index is 784. The summed E-state index contributed by atoms with van der Waals surface area (Å²) in [4.78, 5) is 24.5. The summed E-state index contributed by atoms with van der Waals surface area (Å²) in [5.41, 5.74) is 7.88. The molecule has 0 radical (unpaired) electrons. The first-order valence-electron chi connectivity index (χ1n) is 7.94. The van der Waals surface area contributed by atoms with Gasteiger partial charge in [-0.15, -0.1) is 0 Å². The molecule has 24 heavy (non-hydrogen) atoms. The topological polar surface area (TPSA) is 67.4 Å². The van der Waals surface area contributed by atoms with Gasteiger partial charge in [0.25, 0.3) is 11.8 Å². The van der Waals surface area contributed by atoms with E-state index in [2.05, 4.69) is 17.8 Å². The Hall–Kier alpha value is -2.82. The van der Waals surface area contributed by atoms with E-state index in [9.17, 15) is 9.59 Å². The largest absolute Gasteiger partial charge is 0.489 e. The van der Waals surface area contributed by atoms with E-state index in [0.29, 0.717) is 16.9 Å². The number of carbonyl (C=O) groups is 2. The van der Waals surface area contributed by atoms with Crippen LogP contribution in [-0.4, -0.2) is 17.9 Å². The van der Waals surface area contributed by atoms with Gasteiger partial charge in [0.15, 0.2) is 0 Å². The van der Waals surface area contributed by atoms with Gasteiger partial charge in [-0.05, 0) is 32.0 Å². The third-order valence-electron chi connectivity index (χ3n) is 4.39. The fourth-order valence-electron chi connectivity index (χ4n) is 2.72. The zero-order valence-electron chi connectivity index (χ0n) is 13.9. The number of hydrogen-bond acceptors (Lipinski definition) is 3. The van der Waals surface area contributed by atoms with Crippen molar-refractivity contribution in [3.05, 3.63) is 64.7 Å². The first-order valence-corrected chi connectivity index (χ1v) is 7.94. The maximum Gasteiger partial charge on any atom is 0.273 e. The van der Waals surface area contributed by atoms with Crippen LogP contribution in [0.3, 0.4) is 0 Å². The normalized spacial score (nSPS) is 18.5. The molecule has 2 amide bonds. The van der Waals surface area contributed by atoms with Crippen molar-refractivity contribution in [3.63, 3.8) is 0 Å². The highest BCUT2D eigenvalue weighted by Gasteiger charge is 2.31. The zero-order chi connectivity index (χ0) is 17.3. The predicted octanol–water partition coefficient (Wildman–Crippen LogP) is 2.95. The van der Waals surface area contributed by atoms with Crippen LogP contribution in [0, 0.1) is 6.92 Å². The van der Waals surface area contributed by atoms with Gasteiger partial charge >= 0.3 is 0 Å². The maximum atomic E-state index is 12.4. The zero-order valence-corrected chi connectivity index (χ0v) is 13.9. The molecule has 1 aliphatic rings. The number of hydrazine groups is 1. The summed E-state index contributed by atoms with van der Waals surface area (Å²) in [6, 6.07) is 12.6. The number of aryl methyl sites for hydroxylation is 1. The Balaban J connectivity index is 1.70. The SMILES string of the molecule is Cc1ccc(C(=O)NNC(=O)c2cccc3c2OC(C)C3C)cc1. The van der Waals surface area contributed by atoms with Crippen LogP contribution in [0.4, 0.5) is 0 Å². The molecule has 0 bridgehead atoms. The molecule has 0 saturated carbocycles. The van der Waals surface area contributed by atoms with Gasteiger partial charge in [-0.2, -0.15) is 0 Å². The molecule has 3 rings (SSSR count). The smallest absolute Gasteiger partial charge is 0.273 e. The van der Waals surface area contributed by atoms with Crippen LogP contribution in [0.25, 0.3) is 0 Å². The van der Waals surface area contributed by atoms with Crippen molar-refractivity contribution in [2.24, 2.45) is 0 Å². The summed E-state index contributed by atoms with van der Waals surface area (Å²) >= 11 is 0. The monoisotopic (exact) mass is 324 g/mol. The molecule has 0 spiro atoms. The van der Waals surface area contributed by atoms with E-state index >= 15 is 0 Å². The van der Waals surface area contributed by atoms with Crippen molar-refractivity contribution in [1.29, 1.82) is 0 Å². The van der Waals surface area contributed by atoms with Crippen molar-refractivity contribution in [2.75, 3.05) is 0 Å². The summed E-state index contributed by atoms with van der Waals surface area (Å²) in [5.74, 6) is 0.0710. The Morgan fingerprint density at radius 3 is 2.33 bits per heavy atom. The molecule has 2 N–H and O–H groups in total.